The standard InChI is InChI=1S/C11H9Cl2FO2/c1-11(3-2-10(15)16-11)6-4-9(14)8(13)5-7(6)12/h4-5H,2-3H2,1H3. The Morgan fingerprint density at radius 3 is 2.62 bits per heavy atom. The third kappa shape index (κ3) is 1.89. The van der Waals surface area contributed by atoms with Gasteiger partial charge in [-0.25, -0.2) is 4.39 Å². The zero-order valence-electron chi connectivity index (χ0n) is 8.52. The summed E-state index contributed by atoms with van der Waals surface area (Å²) in [7, 11) is 0. The quantitative estimate of drug-likeness (QED) is 0.570. The number of cyclic esters (lactones) is 1. The molecule has 0 aliphatic carbocycles. The number of carbonyl (C=O) groups excluding carboxylic acids is 1. The molecule has 1 aliphatic heterocycles. The van der Waals surface area contributed by atoms with Crippen molar-refractivity contribution in [2.45, 2.75) is 25.4 Å². The molecule has 16 heavy (non-hydrogen) atoms. The minimum atomic E-state index is -0.848. The molecule has 1 aromatic carbocycles. The zero-order chi connectivity index (χ0) is 11.9. The Kier molecular flexibility index (Phi) is 2.84. The van der Waals surface area contributed by atoms with Crippen LogP contribution in [0.4, 0.5) is 4.39 Å². The summed E-state index contributed by atoms with van der Waals surface area (Å²) in [4.78, 5) is 11.1. The van der Waals surface area contributed by atoms with Gasteiger partial charge in [-0.05, 0) is 19.1 Å². The van der Waals surface area contributed by atoms with E-state index in [4.69, 9.17) is 27.9 Å². The topological polar surface area (TPSA) is 26.3 Å². The van der Waals surface area contributed by atoms with E-state index in [0.717, 1.165) is 0 Å². The van der Waals surface area contributed by atoms with Gasteiger partial charge in [-0.15, -0.1) is 0 Å². The maximum Gasteiger partial charge on any atom is 0.306 e. The van der Waals surface area contributed by atoms with Gasteiger partial charge in [0, 0.05) is 23.4 Å². The second-order valence-electron chi connectivity index (χ2n) is 3.95. The molecule has 1 saturated heterocycles. The summed E-state index contributed by atoms with van der Waals surface area (Å²) in [6, 6.07) is 2.55. The van der Waals surface area contributed by atoms with Crippen molar-refractivity contribution >= 4 is 29.2 Å². The molecule has 0 saturated carbocycles. The van der Waals surface area contributed by atoms with Crippen LogP contribution in [0.25, 0.3) is 0 Å². The summed E-state index contributed by atoms with van der Waals surface area (Å²) in [6.07, 6.45) is 0.809. The van der Waals surface area contributed by atoms with E-state index in [1.165, 1.54) is 12.1 Å². The van der Waals surface area contributed by atoms with Crippen molar-refractivity contribution in [1.29, 1.82) is 0 Å². The Hall–Kier alpha value is -0.800. The van der Waals surface area contributed by atoms with E-state index in [1.807, 2.05) is 0 Å². The van der Waals surface area contributed by atoms with Crippen LogP contribution in [-0.2, 0) is 15.1 Å². The minimum absolute atomic E-state index is 0.0401. The highest BCUT2D eigenvalue weighted by atomic mass is 35.5. The van der Waals surface area contributed by atoms with E-state index >= 15 is 0 Å². The van der Waals surface area contributed by atoms with Gasteiger partial charge in [0.1, 0.15) is 11.4 Å². The average Bonchev–Trinajstić information content (AvgIpc) is 2.53. The summed E-state index contributed by atoms with van der Waals surface area (Å²) in [5.74, 6) is -0.862. The van der Waals surface area contributed by atoms with Crippen LogP contribution in [0, 0.1) is 5.82 Å². The molecule has 2 rings (SSSR count). The second kappa shape index (κ2) is 3.90. The molecule has 1 heterocycles. The van der Waals surface area contributed by atoms with Gasteiger partial charge in [0.05, 0.1) is 5.02 Å². The fraction of sp³-hybridized carbons (Fsp3) is 0.364. The molecule has 0 spiro atoms. The highest BCUT2D eigenvalue weighted by molar-refractivity contribution is 6.35. The van der Waals surface area contributed by atoms with Crippen LogP contribution in [0.2, 0.25) is 10.0 Å². The van der Waals surface area contributed by atoms with E-state index < -0.39 is 11.4 Å². The summed E-state index contributed by atoms with van der Waals surface area (Å²) in [5.41, 5.74) is -0.388. The first-order valence-corrected chi connectivity index (χ1v) is 5.55. The normalized spacial score (nSPS) is 24.6. The fourth-order valence-electron chi connectivity index (χ4n) is 1.81. The molecule has 86 valence electrons. The van der Waals surface area contributed by atoms with Gasteiger partial charge in [-0.1, -0.05) is 23.2 Å². The van der Waals surface area contributed by atoms with E-state index in [1.54, 1.807) is 6.92 Å². The number of hydrogen-bond acceptors (Lipinski definition) is 2. The number of carbonyl (C=O) groups is 1. The summed E-state index contributed by atoms with van der Waals surface area (Å²) < 4.78 is 18.5. The molecule has 1 unspecified atom stereocenters. The largest absolute Gasteiger partial charge is 0.454 e. The first-order valence-electron chi connectivity index (χ1n) is 4.79. The summed E-state index contributed by atoms with van der Waals surface area (Å²) in [5, 5.41) is 0.269. The van der Waals surface area contributed by atoms with Crippen molar-refractivity contribution in [3.05, 3.63) is 33.6 Å². The van der Waals surface area contributed by atoms with Crippen LogP contribution in [0.3, 0.4) is 0 Å². The first kappa shape index (κ1) is 11.7. The molecular formula is C11H9Cl2FO2. The molecule has 2 nitrogen and oxygen atoms in total. The lowest BCUT2D eigenvalue weighted by Crippen LogP contribution is -2.21. The molecule has 0 bridgehead atoms. The SMILES string of the molecule is CC1(c2cc(F)c(Cl)cc2Cl)CCC(=O)O1. The number of esters is 1. The fourth-order valence-corrected chi connectivity index (χ4v) is 2.39. The molecular weight excluding hydrogens is 254 g/mol. The third-order valence-electron chi connectivity index (χ3n) is 2.72. The van der Waals surface area contributed by atoms with Crippen LogP contribution < -0.4 is 0 Å². The van der Waals surface area contributed by atoms with E-state index in [2.05, 4.69) is 0 Å². The molecule has 5 heteroatoms. The number of hydrogen-bond donors (Lipinski definition) is 0. The average molecular weight is 263 g/mol. The van der Waals surface area contributed by atoms with E-state index in [0.29, 0.717) is 23.4 Å². The molecule has 0 N–H and O–H groups in total. The molecule has 1 aliphatic rings. The van der Waals surface area contributed by atoms with Crippen molar-refractivity contribution in [3.63, 3.8) is 0 Å². The van der Waals surface area contributed by atoms with Crippen LogP contribution in [0.5, 0.6) is 0 Å². The Balaban J connectivity index is 2.48. The summed E-state index contributed by atoms with van der Waals surface area (Å²) >= 11 is 11.6. The third-order valence-corrected chi connectivity index (χ3v) is 3.33. The van der Waals surface area contributed by atoms with E-state index in [9.17, 15) is 9.18 Å². The van der Waals surface area contributed by atoms with Crippen molar-refractivity contribution < 1.29 is 13.9 Å². The number of halogens is 3. The van der Waals surface area contributed by atoms with Gasteiger partial charge in [-0.2, -0.15) is 0 Å². The Labute approximate surface area is 102 Å². The molecule has 1 fully saturated rings. The Morgan fingerprint density at radius 1 is 1.38 bits per heavy atom. The highest BCUT2D eigenvalue weighted by Crippen LogP contribution is 2.41. The number of benzene rings is 1. The van der Waals surface area contributed by atoms with Gasteiger partial charge in [0.15, 0.2) is 0 Å². The number of rotatable bonds is 1. The number of ether oxygens (including phenoxy) is 1. The lowest BCUT2D eigenvalue weighted by atomic mass is 9.93. The van der Waals surface area contributed by atoms with Crippen LogP contribution >= 0.6 is 23.2 Å². The predicted molar refractivity (Wildman–Crippen MR) is 59.1 cm³/mol. The van der Waals surface area contributed by atoms with Gasteiger partial charge < -0.3 is 4.74 Å². The lowest BCUT2D eigenvalue weighted by molar-refractivity contribution is -0.147. The predicted octanol–water partition coefficient (Wildman–Crippen LogP) is 3.68. The maximum atomic E-state index is 13.3. The molecule has 1 atom stereocenters. The Morgan fingerprint density at radius 2 is 2.06 bits per heavy atom. The molecule has 0 amide bonds. The molecule has 1 aromatic rings. The van der Waals surface area contributed by atoms with Crippen molar-refractivity contribution in [2.24, 2.45) is 0 Å². The van der Waals surface area contributed by atoms with E-state index in [-0.39, 0.29) is 11.0 Å². The van der Waals surface area contributed by atoms with Gasteiger partial charge >= 0.3 is 5.97 Å². The lowest BCUT2D eigenvalue weighted by Gasteiger charge is -2.24. The highest BCUT2D eigenvalue weighted by Gasteiger charge is 2.39. The molecule has 0 aromatic heterocycles. The van der Waals surface area contributed by atoms with Crippen molar-refractivity contribution in [3.8, 4) is 0 Å². The van der Waals surface area contributed by atoms with Crippen molar-refractivity contribution in [2.75, 3.05) is 0 Å². The summed E-state index contributed by atoms with van der Waals surface area (Å²) in [6.45, 7) is 1.71. The van der Waals surface area contributed by atoms with Gasteiger partial charge in [0.25, 0.3) is 0 Å². The van der Waals surface area contributed by atoms with Crippen LogP contribution in [0.15, 0.2) is 12.1 Å². The first-order chi connectivity index (χ1) is 7.42. The molecule has 0 radical (unpaired) electrons. The smallest absolute Gasteiger partial charge is 0.306 e. The maximum absolute atomic E-state index is 13.3. The Bertz CT molecular complexity index is 462. The van der Waals surface area contributed by atoms with Gasteiger partial charge in [-0.3, -0.25) is 4.79 Å². The van der Waals surface area contributed by atoms with Crippen molar-refractivity contribution in [1.82, 2.24) is 0 Å². The second-order valence-corrected chi connectivity index (χ2v) is 4.77. The zero-order valence-corrected chi connectivity index (χ0v) is 10.0. The van der Waals surface area contributed by atoms with Gasteiger partial charge in [0.2, 0.25) is 0 Å². The minimum Gasteiger partial charge on any atom is -0.454 e. The monoisotopic (exact) mass is 262 g/mol. The van der Waals surface area contributed by atoms with Crippen LogP contribution in [-0.4, -0.2) is 5.97 Å². The van der Waals surface area contributed by atoms with Crippen LogP contribution in [0.1, 0.15) is 25.3 Å².